The van der Waals surface area contributed by atoms with Gasteiger partial charge in [0, 0.05) is 19.2 Å². The fourth-order valence-electron chi connectivity index (χ4n) is 2.83. The van der Waals surface area contributed by atoms with Crippen LogP contribution in [0.1, 0.15) is 27.7 Å². The lowest BCUT2D eigenvalue weighted by molar-refractivity contribution is -0.153. The number of amides is 2. The van der Waals surface area contributed by atoms with Crippen molar-refractivity contribution >= 4 is 17.8 Å². The summed E-state index contributed by atoms with van der Waals surface area (Å²) in [6.07, 6.45) is 1.34. The third kappa shape index (κ3) is 5.79. The number of carbonyl (C=O) groups excluding carboxylic acids is 3. The van der Waals surface area contributed by atoms with E-state index in [4.69, 9.17) is 9.15 Å². The third-order valence-electron chi connectivity index (χ3n) is 4.52. The van der Waals surface area contributed by atoms with Gasteiger partial charge in [-0.15, -0.1) is 0 Å². The topological polar surface area (TPSA) is 88.9 Å². The Hall–Kier alpha value is -3.94. The molecule has 0 bridgehead atoms. The molecule has 0 spiro atoms. The van der Waals surface area contributed by atoms with Gasteiger partial charge < -0.3 is 19.4 Å². The second kappa shape index (κ2) is 10.2. The Labute approximate surface area is 178 Å². The number of carbonyl (C=O) groups is 3. The van der Waals surface area contributed by atoms with Crippen LogP contribution in [0.5, 0.6) is 0 Å². The molecule has 0 saturated carbocycles. The van der Waals surface area contributed by atoms with E-state index >= 15 is 0 Å². The Morgan fingerprint density at radius 1 is 1.03 bits per heavy atom. The minimum absolute atomic E-state index is 0.0282. The SMILES string of the molecule is CN(Cc1ccccc1F)C(=O)COC(=O)C(NC(=O)c1ccco1)c1ccccc1. The fourth-order valence-corrected chi connectivity index (χ4v) is 2.83. The molecule has 0 fully saturated rings. The van der Waals surface area contributed by atoms with Gasteiger partial charge in [-0.3, -0.25) is 9.59 Å². The van der Waals surface area contributed by atoms with Crippen LogP contribution in [-0.4, -0.2) is 36.3 Å². The van der Waals surface area contributed by atoms with E-state index in [9.17, 15) is 18.8 Å². The smallest absolute Gasteiger partial charge is 0.333 e. The van der Waals surface area contributed by atoms with E-state index in [0.29, 0.717) is 11.1 Å². The first-order valence-corrected chi connectivity index (χ1v) is 9.49. The lowest BCUT2D eigenvalue weighted by atomic mass is 10.1. The van der Waals surface area contributed by atoms with Crippen LogP contribution >= 0.6 is 0 Å². The van der Waals surface area contributed by atoms with Gasteiger partial charge in [0.1, 0.15) is 5.82 Å². The second-order valence-corrected chi connectivity index (χ2v) is 6.74. The molecule has 0 aliphatic rings. The minimum Gasteiger partial charge on any atom is -0.459 e. The molecule has 3 rings (SSSR count). The number of halogens is 1. The summed E-state index contributed by atoms with van der Waals surface area (Å²) in [6.45, 7) is -0.524. The number of likely N-dealkylation sites (N-methyl/N-ethyl adjacent to an activating group) is 1. The summed E-state index contributed by atoms with van der Waals surface area (Å²) in [7, 11) is 1.48. The Kier molecular flexibility index (Phi) is 7.16. The van der Waals surface area contributed by atoms with E-state index in [2.05, 4.69) is 5.32 Å². The summed E-state index contributed by atoms with van der Waals surface area (Å²) in [5.74, 6) is -2.31. The molecule has 3 aromatic rings. The highest BCUT2D eigenvalue weighted by Crippen LogP contribution is 2.16. The van der Waals surface area contributed by atoms with Crippen molar-refractivity contribution in [3.05, 3.63) is 95.7 Å². The zero-order valence-electron chi connectivity index (χ0n) is 16.8. The molecule has 7 nitrogen and oxygen atoms in total. The molecule has 0 aliphatic carbocycles. The third-order valence-corrected chi connectivity index (χ3v) is 4.52. The summed E-state index contributed by atoms with van der Waals surface area (Å²) in [5.41, 5.74) is 0.831. The van der Waals surface area contributed by atoms with Crippen molar-refractivity contribution in [3.8, 4) is 0 Å². The monoisotopic (exact) mass is 424 g/mol. The van der Waals surface area contributed by atoms with E-state index < -0.39 is 36.2 Å². The van der Waals surface area contributed by atoms with Gasteiger partial charge in [0.25, 0.3) is 11.8 Å². The van der Waals surface area contributed by atoms with Crippen molar-refractivity contribution in [3.63, 3.8) is 0 Å². The number of furan rings is 1. The maximum absolute atomic E-state index is 13.8. The molecule has 0 aliphatic heterocycles. The quantitative estimate of drug-likeness (QED) is 0.562. The van der Waals surface area contributed by atoms with Gasteiger partial charge in [-0.25, -0.2) is 9.18 Å². The summed E-state index contributed by atoms with van der Waals surface area (Å²) >= 11 is 0. The molecule has 0 radical (unpaired) electrons. The number of hydrogen-bond donors (Lipinski definition) is 1. The molecule has 1 N–H and O–H groups in total. The van der Waals surface area contributed by atoms with E-state index in [0.717, 1.165) is 0 Å². The first-order chi connectivity index (χ1) is 15.0. The number of hydrogen-bond acceptors (Lipinski definition) is 5. The standard InChI is InChI=1S/C23H21FN2O5/c1-26(14-17-10-5-6-11-18(17)24)20(27)15-31-23(29)21(16-8-3-2-4-9-16)25-22(28)19-12-7-13-30-19/h2-13,21H,14-15H2,1H3,(H,25,28). The first kappa shape index (κ1) is 21.8. The highest BCUT2D eigenvalue weighted by atomic mass is 19.1. The highest BCUT2D eigenvalue weighted by Gasteiger charge is 2.26. The predicted molar refractivity (Wildman–Crippen MR) is 109 cm³/mol. The Bertz CT molecular complexity index is 1040. The first-order valence-electron chi connectivity index (χ1n) is 9.49. The maximum atomic E-state index is 13.8. The largest absolute Gasteiger partial charge is 0.459 e. The molecular weight excluding hydrogens is 403 g/mol. The van der Waals surface area contributed by atoms with Gasteiger partial charge in [0.15, 0.2) is 18.4 Å². The normalized spacial score (nSPS) is 11.4. The lowest BCUT2D eigenvalue weighted by Gasteiger charge is -2.20. The predicted octanol–water partition coefficient (Wildman–Crippen LogP) is 3.09. The molecule has 1 unspecified atom stereocenters. The van der Waals surface area contributed by atoms with Crippen molar-refractivity contribution in [2.75, 3.05) is 13.7 Å². The molecule has 1 atom stereocenters. The molecule has 8 heteroatoms. The summed E-state index contributed by atoms with van der Waals surface area (Å²) < 4.78 is 24.0. The van der Waals surface area contributed by atoms with Crippen LogP contribution in [0.3, 0.4) is 0 Å². The summed E-state index contributed by atoms with van der Waals surface area (Å²) in [6, 6.07) is 16.5. The van der Waals surface area contributed by atoms with Gasteiger partial charge in [-0.1, -0.05) is 48.5 Å². The second-order valence-electron chi connectivity index (χ2n) is 6.74. The van der Waals surface area contributed by atoms with Crippen LogP contribution in [0.25, 0.3) is 0 Å². The molecule has 160 valence electrons. The van der Waals surface area contributed by atoms with Crippen LogP contribution in [0.4, 0.5) is 4.39 Å². The molecule has 31 heavy (non-hydrogen) atoms. The maximum Gasteiger partial charge on any atom is 0.333 e. The number of nitrogens with one attached hydrogen (secondary N) is 1. The van der Waals surface area contributed by atoms with Crippen molar-refractivity contribution in [2.24, 2.45) is 0 Å². The van der Waals surface area contributed by atoms with Crippen molar-refractivity contribution in [2.45, 2.75) is 12.6 Å². The lowest BCUT2D eigenvalue weighted by Crippen LogP contribution is -2.37. The summed E-state index contributed by atoms with van der Waals surface area (Å²) in [4.78, 5) is 38.7. The van der Waals surface area contributed by atoms with E-state index in [1.54, 1.807) is 54.6 Å². The van der Waals surface area contributed by atoms with Crippen LogP contribution in [0.15, 0.2) is 77.4 Å². The fraction of sp³-hybridized carbons (Fsp3) is 0.174. The van der Waals surface area contributed by atoms with E-state index in [-0.39, 0.29) is 12.3 Å². The number of rotatable bonds is 8. The molecule has 2 amide bonds. The van der Waals surface area contributed by atoms with Crippen molar-refractivity contribution in [1.82, 2.24) is 10.2 Å². The van der Waals surface area contributed by atoms with Crippen molar-refractivity contribution in [1.29, 1.82) is 0 Å². The van der Waals surface area contributed by atoms with E-state index in [1.807, 2.05) is 0 Å². The van der Waals surface area contributed by atoms with Crippen molar-refractivity contribution < 1.29 is 27.9 Å². The Morgan fingerprint density at radius 2 is 1.74 bits per heavy atom. The molecule has 0 saturated heterocycles. The van der Waals surface area contributed by atoms with Crippen LogP contribution in [0, 0.1) is 5.82 Å². The Morgan fingerprint density at radius 3 is 2.42 bits per heavy atom. The summed E-state index contributed by atoms with van der Waals surface area (Å²) in [5, 5.41) is 2.55. The molecule has 1 heterocycles. The number of ether oxygens (including phenoxy) is 1. The zero-order chi connectivity index (χ0) is 22.2. The zero-order valence-corrected chi connectivity index (χ0v) is 16.8. The van der Waals surface area contributed by atoms with Crippen LogP contribution < -0.4 is 5.32 Å². The minimum atomic E-state index is -1.14. The van der Waals surface area contributed by atoms with Gasteiger partial charge in [0.05, 0.1) is 6.26 Å². The van der Waals surface area contributed by atoms with Gasteiger partial charge in [-0.2, -0.15) is 0 Å². The number of benzene rings is 2. The molecule has 2 aromatic carbocycles. The average Bonchev–Trinajstić information content (AvgIpc) is 3.32. The van der Waals surface area contributed by atoms with Gasteiger partial charge >= 0.3 is 5.97 Å². The average molecular weight is 424 g/mol. The van der Waals surface area contributed by atoms with Gasteiger partial charge in [0.2, 0.25) is 0 Å². The van der Waals surface area contributed by atoms with Gasteiger partial charge in [-0.05, 0) is 23.8 Å². The highest BCUT2D eigenvalue weighted by molar-refractivity contribution is 5.95. The number of nitrogens with zero attached hydrogens (tertiary/aromatic N) is 1. The molecule has 1 aromatic heterocycles. The number of esters is 1. The van der Waals surface area contributed by atoms with Crippen LogP contribution in [-0.2, 0) is 20.9 Å². The Balaban J connectivity index is 1.63. The molecular formula is C23H21FN2O5. The van der Waals surface area contributed by atoms with E-state index in [1.165, 1.54) is 30.3 Å². The van der Waals surface area contributed by atoms with Crippen LogP contribution in [0.2, 0.25) is 0 Å².